The molecule has 18 heavy (non-hydrogen) atoms. The highest BCUT2D eigenvalue weighted by atomic mass is 35.5. The molecule has 0 heterocycles. The monoisotopic (exact) mass is 266 g/mol. The van der Waals surface area contributed by atoms with Gasteiger partial charge in [-0.25, -0.2) is 4.39 Å². The summed E-state index contributed by atoms with van der Waals surface area (Å²) >= 11 is 6.04. The van der Waals surface area contributed by atoms with Gasteiger partial charge >= 0.3 is 0 Å². The lowest BCUT2D eigenvalue weighted by Gasteiger charge is -2.10. The first-order valence-electron chi connectivity index (χ1n) is 5.47. The lowest BCUT2D eigenvalue weighted by atomic mass is 10.1. The maximum Gasteiger partial charge on any atom is 0.146 e. The molecule has 94 valence electrons. The lowest BCUT2D eigenvalue weighted by molar-refractivity contribution is 0.199. The van der Waals surface area contributed by atoms with Crippen LogP contribution in [0, 0.1) is 5.82 Å². The van der Waals surface area contributed by atoms with Crippen molar-refractivity contribution in [2.75, 3.05) is 0 Å². The number of hydrogen-bond acceptors (Lipinski definition) is 2. The van der Waals surface area contributed by atoms with Gasteiger partial charge in [0.2, 0.25) is 0 Å². The maximum atomic E-state index is 12.7. The van der Waals surface area contributed by atoms with Gasteiger partial charge in [-0.15, -0.1) is 0 Å². The fraction of sp³-hybridized carbons (Fsp3) is 0.143. The number of halogens is 2. The molecule has 0 saturated carbocycles. The molecule has 0 saturated heterocycles. The molecule has 0 aliphatic carbocycles. The molecule has 1 unspecified atom stereocenters. The van der Waals surface area contributed by atoms with Gasteiger partial charge in [0, 0.05) is 0 Å². The third-order valence-electron chi connectivity index (χ3n) is 2.48. The molecule has 2 aromatic rings. The van der Waals surface area contributed by atoms with E-state index in [1.807, 2.05) is 0 Å². The van der Waals surface area contributed by atoms with E-state index in [2.05, 4.69) is 0 Å². The fourth-order valence-electron chi connectivity index (χ4n) is 1.49. The van der Waals surface area contributed by atoms with Crippen LogP contribution in [0.1, 0.15) is 18.6 Å². The minimum atomic E-state index is -0.581. The Labute approximate surface area is 110 Å². The number of ether oxygens (including phenoxy) is 1. The standard InChI is InChI=1S/C14H12ClFO2/c1-9(17)10-2-7-14(13(15)8-10)18-12-5-3-11(16)4-6-12/h2-9,17H,1H3. The van der Waals surface area contributed by atoms with E-state index in [0.29, 0.717) is 22.1 Å². The molecule has 0 radical (unpaired) electrons. The third kappa shape index (κ3) is 3.00. The van der Waals surface area contributed by atoms with Gasteiger partial charge in [-0.3, -0.25) is 0 Å². The Morgan fingerprint density at radius 2 is 1.83 bits per heavy atom. The van der Waals surface area contributed by atoms with Gasteiger partial charge < -0.3 is 9.84 Å². The fourth-order valence-corrected chi connectivity index (χ4v) is 1.72. The Bertz CT molecular complexity index is 538. The Balaban J connectivity index is 2.22. The average molecular weight is 267 g/mol. The topological polar surface area (TPSA) is 29.5 Å². The Morgan fingerprint density at radius 1 is 1.17 bits per heavy atom. The molecule has 0 aliphatic heterocycles. The van der Waals surface area contributed by atoms with Gasteiger partial charge in [-0.2, -0.15) is 0 Å². The number of rotatable bonds is 3. The van der Waals surface area contributed by atoms with Crippen molar-refractivity contribution in [1.29, 1.82) is 0 Å². The van der Waals surface area contributed by atoms with Crippen molar-refractivity contribution in [3.05, 3.63) is 58.9 Å². The normalized spacial score (nSPS) is 12.2. The Hall–Kier alpha value is -1.58. The van der Waals surface area contributed by atoms with E-state index in [9.17, 15) is 9.50 Å². The van der Waals surface area contributed by atoms with E-state index >= 15 is 0 Å². The van der Waals surface area contributed by atoms with Crippen molar-refractivity contribution in [1.82, 2.24) is 0 Å². The summed E-state index contributed by atoms with van der Waals surface area (Å²) in [4.78, 5) is 0. The van der Waals surface area contributed by atoms with Crippen LogP contribution < -0.4 is 4.74 Å². The summed E-state index contributed by atoms with van der Waals surface area (Å²) in [6.45, 7) is 1.66. The smallest absolute Gasteiger partial charge is 0.146 e. The number of hydrogen-bond donors (Lipinski definition) is 1. The van der Waals surface area contributed by atoms with Crippen LogP contribution in [0.4, 0.5) is 4.39 Å². The molecule has 2 rings (SSSR count). The van der Waals surface area contributed by atoms with Crippen LogP contribution >= 0.6 is 11.6 Å². The minimum Gasteiger partial charge on any atom is -0.456 e. The molecule has 0 amide bonds. The van der Waals surface area contributed by atoms with E-state index in [1.165, 1.54) is 24.3 Å². The molecular formula is C14H12ClFO2. The summed E-state index contributed by atoms with van der Waals surface area (Å²) in [7, 11) is 0. The van der Waals surface area contributed by atoms with Crippen LogP contribution in [0.5, 0.6) is 11.5 Å². The molecule has 0 fully saturated rings. The summed E-state index contributed by atoms with van der Waals surface area (Å²) in [6.07, 6.45) is -0.581. The maximum absolute atomic E-state index is 12.7. The van der Waals surface area contributed by atoms with Crippen molar-refractivity contribution in [2.45, 2.75) is 13.0 Å². The molecule has 0 aromatic heterocycles. The van der Waals surface area contributed by atoms with E-state index in [4.69, 9.17) is 16.3 Å². The summed E-state index contributed by atoms with van der Waals surface area (Å²) in [5.74, 6) is 0.647. The average Bonchev–Trinajstić information content (AvgIpc) is 2.34. The SMILES string of the molecule is CC(O)c1ccc(Oc2ccc(F)cc2)c(Cl)c1. The van der Waals surface area contributed by atoms with Gasteiger partial charge in [-0.1, -0.05) is 17.7 Å². The summed E-state index contributed by atoms with van der Waals surface area (Å²) in [6, 6.07) is 10.7. The van der Waals surface area contributed by atoms with E-state index in [-0.39, 0.29) is 5.82 Å². The van der Waals surface area contributed by atoms with Crippen LogP contribution in [-0.2, 0) is 0 Å². The number of benzene rings is 2. The molecule has 2 nitrogen and oxygen atoms in total. The van der Waals surface area contributed by atoms with Crippen molar-refractivity contribution < 1.29 is 14.2 Å². The quantitative estimate of drug-likeness (QED) is 0.896. The number of aliphatic hydroxyl groups is 1. The van der Waals surface area contributed by atoms with Crippen LogP contribution in [0.2, 0.25) is 5.02 Å². The molecule has 1 N–H and O–H groups in total. The molecule has 0 bridgehead atoms. The summed E-state index contributed by atoms with van der Waals surface area (Å²) in [5, 5.41) is 9.82. The zero-order valence-corrected chi connectivity index (χ0v) is 10.5. The van der Waals surface area contributed by atoms with E-state index in [0.717, 1.165) is 0 Å². The summed E-state index contributed by atoms with van der Waals surface area (Å²) in [5.41, 5.74) is 0.714. The second kappa shape index (κ2) is 5.38. The van der Waals surface area contributed by atoms with Gasteiger partial charge in [0.25, 0.3) is 0 Å². The van der Waals surface area contributed by atoms with Crippen molar-refractivity contribution in [2.24, 2.45) is 0 Å². The Morgan fingerprint density at radius 3 is 2.39 bits per heavy atom. The highest BCUT2D eigenvalue weighted by Crippen LogP contribution is 2.31. The molecule has 4 heteroatoms. The summed E-state index contributed by atoms with van der Waals surface area (Å²) < 4.78 is 18.3. The first-order chi connectivity index (χ1) is 8.56. The highest BCUT2D eigenvalue weighted by Gasteiger charge is 2.07. The zero-order valence-electron chi connectivity index (χ0n) is 9.73. The predicted octanol–water partition coefficient (Wildman–Crippen LogP) is 4.32. The molecule has 2 aromatic carbocycles. The highest BCUT2D eigenvalue weighted by molar-refractivity contribution is 6.32. The molecular weight excluding hydrogens is 255 g/mol. The lowest BCUT2D eigenvalue weighted by Crippen LogP contribution is -1.92. The van der Waals surface area contributed by atoms with Gasteiger partial charge in [-0.05, 0) is 48.9 Å². The zero-order chi connectivity index (χ0) is 13.1. The van der Waals surface area contributed by atoms with Crippen LogP contribution in [0.3, 0.4) is 0 Å². The Kier molecular flexibility index (Phi) is 3.84. The molecule has 1 atom stereocenters. The third-order valence-corrected chi connectivity index (χ3v) is 2.78. The van der Waals surface area contributed by atoms with Crippen molar-refractivity contribution >= 4 is 11.6 Å². The first-order valence-corrected chi connectivity index (χ1v) is 5.85. The molecule has 0 aliphatic rings. The van der Waals surface area contributed by atoms with Crippen molar-refractivity contribution in [3.8, 4) is 11.5 Å². The van der Waals surface area contributed by atoms with E-state index in [1.54, 1.807) is 25.1 Å². The van der Waals surface area contributed by atoms with Crippen LogP contribution in [-0.4, -0.2) is 5.11 Å². The predicted molar refractivity (Wildman–Crippen MR) is 68.6 cm³/mol. The second-order valence-corrected chi connectivity index (χ2v) is 4.33. The van der Waals surface area contributed by atoms with Crippen LogP contribution in [0.15, 0.2) is 42.5 Å². The van der Waals surface area contributed by atoms with E-state index < -0.39 is 6.10 Å². The van der Waals surface area contributed by atoms with Gasteiger partial charge in [0.15, 0.2) is 0 Å². The minimum absolute atomic E-state index is 0.321. The molecule has 0 spiro atoms. The second-order valence-electron chi connectivity index (χ2n) is 3.92. The first kappa shape index (κ1) is 12.9. The number of aliphatic hydroxyl groups excluding tert-OH is 1. The largest absolute Gasteiger partial charge is 0.456 e. The van der Waals surface area contributed by atoms with Gasteiger partial charge in [0.1, 0.15) is 17.3 Å². The van der Waals surface area contributed by atoms with Crippen molar-refractivity contribution in [3.63, 3.8) is 0 Å². The van der Waals surface area contributed by atoms with Gasteiger partial charge in [0.05, 0.1) is 11.1 Å². The van der Waals surface area contributed by atoms with Crippen LogP contribution in [0.25, 0.3) is 0 Å².